The molecule has 0 saturated carbocycles. The van der Waals surface area contributed by atoms with Crippen LogP contribution in [0.3, 0.4) is 0 Å². The summed E-state index contributed by atoms with van der Waals surface area (Å²) in [7, 11) is 0. The van der Waals surface area contributed by atoms with Gasteiger partial charge in [0.2, 0.25) is 5.89 Å². The van der Waals surface area contributed by atoms with E-state index < -0.39 is 0 Å². The highest BCUT2D eigenvalue weighted by molar-refractivity contribution is 4.98. The number of rotatable bonds is 4. The fraction of sp³-hybridized carbons (Fsp3) is 0.846. The third kappa shape index (κ3) is 3.28. The van der Waals surface area contributed by atoms with Crippen LogP contribution in [-0.2, 0) is 0 Å². The summed E-state index contributed by atoms with van der Waals surface area (Å²) in [5, 5.41) is 7.63. The predicted octanol–water partition coefficient (Wildman–Crippen LogP) is 3.18. The van der Waals surface area contributed by atoms with Gasteiger partial charge in [0.15, 0.2) is 5.82 Å². The summed E-state index contributed by atoms with van der Waals surface area (Å²) in [5.41, 5.74) is 0. The Morgan fingerprint density at radius 3 is 3.12 bits per heavy atom. The van der Waals surface area contributed by atoms with Crippen molar-refractivity contribution in [1.82, 2.24) is 15.5 Å². The Morgan fingerprint density at radius 2 is 2.29 bits per heavy atom. The summed E-state index contributed by atoms with van der Waals surface area (Å²) in [6.07, 6.45) is 7.21. The average Bonchev–Trinajstić information content (AvgIpc) is 2.66. The van der Waals surface area contributed by atoms with E-state index in [0.717, 1.165) is 37.5 Å². The van der Waals surface area contributed by atoms with Crippen LogP contribution in [0.25, 0.3) is 0 Å². The van der Waals surface area contributed by atoms with E-state index in [1.807, 2.05) is 0 Å². The van der Waals surface area contributed by atoms with Gasteiger partial charge in [0.25, 0.3) is 0 Å². The van der Waals surface area contributed by atoms with Gasteiger partial charge in [0.1, 0.15) is 0 Å². The normalized spacial score (nSPS) is 23.3. The lowest BCUT2D eigenvalue weighted by Gasteiger charge is -2.10. The highest BCUT2D eigenvalue weighted by Crippen LogP contribution is 2.23. The molecule has 0 aliphatic carbocycles. The Morgan fingerprint density at radius 1 is 1.41 bits per heavy atom. The first-order valence-corrected chi connectivity index (χ1v) is 6.88. The van der Waals surface area contributed by atoms with Crippen LogP contribution in [0, 0.1) is 0 Å². The molecular weight excluding hydrogens is 214 g/mol. The van der Waals surface area contributed by atoms with E-state index in [1.54, 1.807) is 0 Å². The Bertz CT molecular complexity index is 329. The van der Waals surface area contributed by atoms with Gasteiger partial charge in [0, 0.05) is 5.92 Å². The second-order valence-corrected chi connectivity index (χ2v) is 5.04. The van der Waals surface area contributed by atoms with Crippen molar-refractivity contribution in [2.24, 2.45) is 0 Å². The van der Waals surface area contributed by atoms with Crippen molar-refractivity contribution in [2.75, 3.05) is 6.54 Å². The van der Waals surface area contributed by atoms with Crippen molar-refractivity contribution in [3.05, 3.63) is 11.7 Å². The van der Waals surface area contributed by atoms with Crippen LogP contribution in [0.1, 0.15) is 76.0 Å². The van der Waals surface area contributed by atoms with E-state index in [4.69, 9.17) is 4.52 Å². The maximum atomic E-state index is 5.37. The smallest absolute Gasteiger partial charge is 0.229 e. The monoisotopic (exact) mass is 237 g/mol. The molecule has 0 bridgehead atoms. The number of hydrogen-bond donors (Lipinski definition) is 1. The van der Waals surface area contributed by atoms with Crippen molar-refractivity contribution in [3.63, 3.8) is 0 Å². The van der Waals surface area contributed by atoms with E-state index in [9.17, 15) is 0 Å². The number of hydrogen-bond acceptors (Lipinski definition) is 4. The van der Waals surface area contributed by atoms with Crippen molar-refractivity contribution >= 4 is 0 Å². The van der Waals surface area contributed by atoms with Crippen LogP contribution >= 0.6 is 0 Å². The van der Waals surface area contributed by atoms with Crippen molar-refractivity contribution < 1.29 is 4.52 Å². The topological polar surface area (TPSA) is 51.0 Å². The first kappa shape index (κ1) is 12.6. The third-order valence-corrected chi connectivity index (χ3v) is 3.47. The Kier molecular flexibility index (Phi) is 4.54. The molecule has 1 aromatic heterocycles. The minimum absolute atomic E-state index is 0.295. The molecule has 1 aliphatic heterocycles. The van der Waals surface area contributed by atoms with Gasteiger partial charge in [-0.15, -0.1) is 0 Å². The molecule has 1 saturated heterocycles. The maximum absolute atomic E-state index is 5.37. The zero-order valence-electron chi connectivity index (χ0n) is 10.9. The van der Waals surface area contributed by atoms with Gasteiger partial charge in [-0.3, -0.25) is 0 Å². The Labute approximate surface area is 103 Å². The first-order chi connectivity index (χ1) is 8.31. The summed E-state index contributed by atoms with van der Waals surface area (Å²) >= 11 is 0. The van der Waals surface area contributed by atoms with Gasteiger partial charge in [0.05, 0.1) is 6.04 Å². The van der Waals surface area contributed by atoms with Crippen LogP contribution in [0.2, 0.25) is 0 Å². The van der Waals surface area contributed by atoms with Crippen LogP contribution in [-0.4, -0.2) is 16.7 Å². The van der Waals surface area contributed by atoms with Crippen LogP contribution < -0.4 is 5.32 Å². The van der Waals surface area contributed by atoms with Gasteiger partial charge >= 0.3 is 0 Å². The molecule has 2 unspecified atom stereocenters. The third-order valence-electron chi connectivity index (χ3n) is 3.47. The summed E-state index contributed by atoms with van der Waals surface area (Å²) < 4.78 is 5.37. The fourth-order valence-electron chi connectivity index (χ4n) is 2.39. The molecule has 4 nitrogen and oxygen atoms in total. The van der Waals surface area contributed by atoms with Gasteiger partial charge in [-0.05, 0) is 25.8 Å². The summed E-state index contributed by atoms with van der Waals surface area (Å²) in [6.45, 7) is 5.40. The molecule has 1 aromatic rings. The zero-order valence-corrected chi connectivity index (χ0v) is 10.9. The van der Waals surface area contributed by atoms with E-state index in [-0.39, 0.29) is 0 Å². The lowest BCUT2D eigenvalue weighted by molar-refractivity contribution is 0.343. The molecule has 2 heterocycles. The van der Waals surface area contributed by atoms with E-state index in [0.29, 0.717) is 12.0 Å². The molecule has 0 spiro atoms. The lowest BCUT2D eigenvalue weighted by Crippen LogP contribution is -2.21. The molecule has 1 aliphatic rings. The minimum Gasteiger partial charge on any atom is -0.339 e. The molecule has 0 amide bonds. The summed E-state index contributed by atoms with van der Waals surface area (Å²) in [6, 6.07) is 0.295. The average molecular weight is 237 g/mol. The van der Waals surface area contributed by atoms with Crippen molar-refractivity contribution in [2.45, 2.75) is 64.3 Å². The molecule has 0 radical (unpaired) electrons. The molecule has 96 valence electrons. The molecule has 1 fully saturated rings. The number of aromatic nitrogens is 2. The molecule has 4 heteroatoms. The quantitative estimate of drug-likeness (QED) is 0.873. The van der Waals surface area contributed by atoms with Crippen LogP contribution in [0.5, 0.6) is 0 Å². The van der Waals surface area contributed by atoms with Crippen molar-refractivity contribution in [3.8, 4) is 0 Å². The number of nitrogens with one attached hydrogen (secondary N) is 1. The molecule has 17 heavy (non-hydrogen) atoms. The maximum Gasteiger partial charge on any atom is 0.229 e. The van der Waals surface area contributed by atoms with Gasteiger partial charge < -0.3 is 9.84 Å². The molecule has 2 rings (SSSR count). The zero-order chi connectivity index (χ0) is 12.1. The number of nitrogens with zero attached hydrogens (tertiary/aromatic N) is 2. The Balaban J connectivity index is 2.01. The molecule has 0 aromatic carbocycles. The summed E-state index contributed by atoms with van der Waals surface area (Å²) in [5.74, 6) is 2.03. The SMILES string of the molecule is CCCC(C)c1nc(C2CCCCCN2)no1. The minimum atomic E-state index is 0.295. The van der Waals surface area contributed by atoms with E-state index in [2.05, 4.69) is 29.3 Å². The predicted molar refractivity (Wildman–Crippen MR) is 66.8 cm³/mol. The van der Waals surface area contributed by atoms with Gasteiger partial charge in [-0.25, -0.2) is 0 Å². The second kappa shape index (κ2) is 6.15. The second-order valence-electron chi connectivity index (χ2n) is 5.04. The Hall–Kier alpha value is -0.900. The highest BCUT2D eigenvalue weighted by atomic mass is 16.5. The summed E-state index contributed by atoms with van der Waals surface area (Å²) in [4.78, 5) is 4.55. The van der Waals surface area contributed by atoms with Gasteiger partial charge in [-0.1, -0.05) is 38.3 Å². The first-order valence-electron chi connectivity index (χ1n) is 6.88. The largest absolute Gasteiger partial charge is 0.339 e. The highest BCUT2D eigenvalue weighted by Gasteiger charge is 2.21. The van der Waals surface area contributed by atoms with Crippen LogP contribution in [0.15, 0.2) is 4.52 Å². The van der Waals surface area contributed by atoms with E-state index >= 15 is 0 Å². The lowest BCUT2D eigenvalue weighted by atomic mass is 10.1. The molecule has 2 atom stereocenters. The van der Waals surface area contributed by atoms with Crippen molar-refractivity contribution in [1.29, 1.82) is 0 Å². The molecular formula is C13H23N3O. The standard InChI is InChI=1S/C13H23N3O/c1-3-7-10(2)13-15-12(16-17-13)11-8-5-4-6-9-14-11/h10-11,14H,3-9H2,1-2H3. The van der Waals surface area contributed by atoms with E-state index in [1.165, 1.54) is 19.3 Å². The van der Waals surface area contributed by atoms with Crippen LogP contribution in [0.4, 0.5) is 0 Å². The fourth-order valence-corrected chi connectivity index (χ4v) is 2.39. The molecule has 1 N–H and O–H groups in total. The van der Waals surface area contributed by atoms with Gasteiger partial charge in [-0.2, -0.15) is 4.98 Å².